The Morgan fingerprint density at radius 1 is 1.28 bits per heavy atom. The van der Waals surface area contributed by atoms with E-state index >= 15 is 0 Å². The third kappa shape index (κ3) is 2.71. The predicted octanol–water partition coefficient (Wildman–Crippen LogP) is 1.46. The summed E-state index contributed by atoms with van der Waals surface area (Å²) in [6.45, 7) is 4.56. The van der Waals surface area contributed by atoms with Crippen LogP contribution in [-0.2, 0) is 15.9 Å². The average molecular weight is 248 g/mol. The molecule has 0 aliphatic carbocycles. The minimum atomic E-state index is -0.303. The molecule has 1 aromatic rings. The Hall–Kier alpha value is -0.970. The van der Waals surface area contributed by atoms with Crippen molar-refractivity contribution >= 4 is 0 Å². The Morgan fingerprint density at radius 3 is 2.94 bits per heavy atom. The zero-order valence-electron chi connectivity index (χ0n) is 10.7. The Kier molecular flexibility index (Phi) is 3.59. The highest BCUT2D eigenvalue weighted by Gasteiger charge is 2.40. The number of hydrogen-bond donors (Lipinski definition) is 0. The highest BCUT2D eigenvalue weighted by Crippen LogP contribution is 2.29. The molecule has 0 unspecified atom stereocenters. The first kappa shape index (κ1) is 12.1. The lowest BCUT2D eigenvalue weighted by Crippen LogP contribution is -2.49. The second-order valence-electron chi connectivity index (χ2n) is 5.06. The fourth-order valence-corrected chi connectivity index (χ4v) is 2.81. The summed E-state index contributed by atoms with van der Waals surface area (Å²) in [7, 11) is 0. The van der Waals surface area contributed by atoms with Crippen molar-refractivity contribution in [3.8, 4) is 0 Å². The Morgan fingerprint density at radius 2 is 2.17 bits per heavy atom. The molecule has 2 aliphatic heterocycles. The van der Waals surface area contributed by atoms with Crippen LogP contribution in [0.1, 0.15) is 18.5 Å². The molecule has 4 heteroatoms. The van der Waals surface area contributed by atoms with E-state index < -0.39 is 0 Å². The van der Waals surface area contributed by atoms with E-state index in [1.165, 1.54) is 0 Å². The maximum Gasteiger partial charge on any atom is 0.181 e. The van der Waals surface area contributed by atoms with Gasteiger partial charge in [-0.3, -0.25) is 9.88 Å². The first-order chi connectivity index (χ1) is 8.86. The van der Waals surface area contributed by atoms with Crippen LogP contribution in [0, 0.1) is 0 Å². The lowest BCUT2D eigenvalue weighted by molar-refractivity contribution is -0.189. The van der Waals surface area contributed by atoms with E-state index in [-0.39, 0.29) is 5.79 Å². The molecule has 98 valence electrons. The molecule has 1 aromatic heterocycles. The van der Waals surface area contributed by atoms with E-state index in [0.717, 1.165) is 57.8 Å². The lowest BCUT2D eigenvalue weighted by Gasteiger charge is -2.38. The molecule has 2 fully saturated rings. The minimum absolute atomic E-state index is 0.303. The maximum atomic E-state index is 5.78. The Bertz CT molecular complexity index is 377. The minimum Gasteiger partial charge on any atom is -0.346 e. The van der Waals surface area contributed by atoms with Crippen LogP contribution in [0.3, 0.4) is 0 Å². The van der Waals surface area contributed by atoms with Gasteiger partial charge in [0.05, 0.1) is 19.8 Å². The highest BCUT2D eigenvalue weighted by molar-refractivity contribution is 5.04. The van der Waals surface area contributed by atoms with Gasteiger partial charge in [-0.1, -0.05) is 6.07 Å². The highest BCUT2D eigenvalue weighted by atomic mass is 16.7. The standard InChI is InChI=1S/C14H20N2O2/c1-2-7-15-13(4-1)5-9-16-8-3-6-14(12-16)17-10-11-18-14/h1-2,4,7H,3,5-6,8-12H2. The van der Waals surface area contributed by atoms with E-state index in [1.54, 1.807) is 0 Å². The van der Waals surface area contributed by atoms with Crippen LogP contribution < -0.4 is 0 Å². The van der Waals surface area contributed by atoms with Crippen LogP contribution >= 0.6 is 0 Å². The molecule has 1 spiro atoms. The molecule has 0 radical (unpaired) electrons. The molecule has 3 heterocycles. The van der Waals surface area contributed by atoms with Crippen LogP contribution in [0.5, 0.6) is 0 Å². The summed E-state index contributed by atoms with van der Waals surface area (Å²) < 4.78 is 11.6. The van der Waals surface area contributed by atoms with Gasteiger partial charge in [0, 0.05) is 31.3 Å². The molecule has 18 heavy (non-hydrogen) atoms. The van der Waals surface area contributed by atoms with Gasteiger partial charge in [-0.05, 0) is 25.1 Å². The third-order valence-electron chi connectivity index (χ3n) is 3.72. The Labute approximate surface area is 108 Å². The van der Waals surface area contributed by atoms with Gasteiger partial charge in [-0.25, -0.2) is 0 Å². The number of piperidine rings is 1. The normalized spacial score (nSPS) is 23.6. The molecule has 0 N–H and O–H groups in total. The van der Waals surface area contributed by atoms with Gasteiger partial charge < -0.3 is 9.47 Å². The van der Waals surface area contributed by atoms with Gasteiger partial charge >= 0.3 is 0 Å². The van der Waals surface area contributed by atoms with E-state index in [9.17, 15) is 0 Å². The van der Waals surface area contributed by atoms with Gasteiger partial charge in [-0.15, -0.1) is 0 Å². The van der Waals surface area contributed by atoms with Crippen molar-refractivity contribution in [3.63, 3.8) is 0 Å². The van der Waals surface area contributed by atoms with Gasteiger partial charge in [0.15, 0.2) is 5.79 Å². The third-order valence-corrected chi connectivity index (χ3v) is 3.72. The predicted molar refractivity (Wildman–Crippen MR) is 68.3 cm³/mol. The average Bonchev–Trinajstić information content (AvgIpc) is 2.86. The van der Waals surface area contributed by atoms with Crippen LogP contribution in [0.2, 0.25) is 0 Å². The van der Waals surface area contributed by atoms with Crippen molar-refractivity contribution in [3.05, 3.63) is 30.1 Å². The summed E-state index contributed by atoms with van der Waals surface area (Å²) in [5, 5.41) is 0. The van der Waals surface area contributed by atoms with E-state index in [1.807, 2.05) is 18.3 Å². The largest absolute Gasteiger partial charge is 0.346 e. The van der Waals surface area contributed by atoms with Crippen LogP contribution in [0.15, 0.2) is 24.4 Å². The molecule has 4 nitrogen and oxygen atoms in total. The summed E-state index contributed by atoms with van der Waals surface area (Å²) in [6.07, 6.45) is 5.04. The fourth-order valence-electron chi connectivity index (χ4n) is 2.81. The number of nitrogens with zero attached hydrogens (tertiary/aromatic N) is 2. The molecule has 0 atom stereocenters. The Balaban J connectivity index is 1.54. The number of likely N-dealkylation sites (tertiary alicyclic amines) is 1. The summed E-state index contributed by atoms with van der Waals surface area (Å²) in [5.74, 6) is -0.303. The van der Waals surface area contributed by atoms with Crippen molar-refractivity contribution < 1.29 is 9.47 Å². The molecule has 2 aliphatic rings. The topological polar surface area (TPSA) is 34.6 Å². The zero-order chi connectivity index (χ0) is 12.3. The van der Waals surface area contributed by atoms with Crippen molar-refractivity contribution in [2.24, 2.45) is 0 Å². The second-order valence-corrected chi connectivity index (χ2v) is 5.06. The van der Waals surface area contributed by atoms with Crippen molar-refractivity contribution in [1.29, 1.82) is 0 Å². The molecular weight excluding hydrogens is 228 g/mol. The van der Waals surface area contributed by atoms with Crippen LogP contribution in [0.25, 0.3) is 0 Å². The number of hydrogen-bond acceptors (Lipinski definition) is 4. The van der Waals surface area contributed by atoms with Gasteiger partial charge in [0.1, 0.15) is 0 Å². The number of pyridine rings is 1. The van der Waals surface area contributed by atoms with E-state index in [2.05, 4.69) is 16.0 Å². The summed E-state index contributed by atoms with van der Waals surface area (Å²) in [4.78, 5) is 6.80. The number of ether oxygens (including phenoxy) is 2. The number of aromatic nitrogens is 1. The molecule has 0 bridgehead atoms. The van der Waals surface area contributed by atoms with Crippen LogP contribution in [0.4, 0.5) is 0 Å². The van der Waals surface area contributed by atoms with Crippen LogP contribution in [-0.4, -0.2) is 48.5 Å². The molecule has 0 saturated carbocycles. The van der Waals surface area contributed by atoms with Gasteiger partial charge in [0.2, 0.25) is 0 Å². The molecule has 2 saturated heterocycles. The van der Waals surface area contributed by atoms with E-state index in [4.69, 9.17) is 9.47 Å². The monoisotopic (exact) mass is 248 g/mol. The smallest absolute Gasteiger partial charge is 0.181 e. The first-order valence-electron chi connectivity index (χ1n) is 6.77. The SMILES string of the molecule is c1ccc(CCN2CCCC3(C2)OCCO3)nc1. The molecule has 3 rings (SSSR count). The quantitative estimate of drug-likeness (QED) is 0.811. The lowest BCUT2D eigenvalue weighted by atomic mass is 10.0. The van der Waals surface area contributed by atoms with Gasteiger partial charge in [0.25, 0.3) is 0 Å². The van der Waals surface area contributed by atoms with E-state index in [0.29, 0.717) is 0 Å². The maximum absolute atomic E-state index is 5.78. The molecule has 0 aromatic carbocycles. The number of rotatable bonds is 3. The van der Waals surface area contributed by atoms with Crippen molar-refractivity contribution in [1.82, 2.24) is 9.88 Å². The first-order valence-corrected chi connectivity index (χ1v) is 6.77. The zero-order valence-corrected chi connectivity index (χ0v) is 10.7. The van der Waals surface area contributed by atoms with Crippen molar-refractivity contribution in [2.45, 2.75) is 25.0 Å². The van der Waals surface area contributed by atoms with Crippen molar-refractivity contribution in [2.75, 3.05) is 32.8 Å². The summed E-state index contributed by atoms with van der Waals surface area (Å²) >= 11 is 0. The fraction of sp³-hybridized carbons (Fsp3) is 0.643. The van der Waals surface area contributed by atoms with Gasteiger partial charge in [-0.2, -0.15) is 0 Å². The summed E-state index contributed by atoms with van der Waals surface area (Å²) in [5.41, 5.74) is 1.16. The second kappa shape index (κ2) is 5.34. The molecular formula is C14H20N2O2. The molecule has 0 amide bonds. The summed E-state index contributed by atoms with van der Waals surface area (Å²) in [6, 6.07) is 6.09.